The lowest BCUT2D eigenvalue weighted by Crippen LogP contribution is -2.13. The van der Waals surface area contributed by atoms with Crippen LogP contribution in [0.5, 0.6) is 0 Å². The minimum Gasteiger partial charge on any atom is -0.466 e. The zero-order valence-electron chi connectivity index (χ0n) is 12.4. The van der Waals surface area contributed by atoms with Crippen LogP contribution in [-0.2, 0) is 9.53 Å². The van der Waals surface area contributed by atoms with E-state index in [1.54, 1.807) is 0 Å². The summed E-state index contributed by atoms with van der Waals surface area (Å²) in [5.74, 6) is -0.0903. The van der Waals surface area contributed by atoms with E-state index in [0.717, 1.165) is 12.8 Å². The summed E-state index contributed by atoms with van der Waals surface area (Å²) >= 11 is 0. The van der Waals surface area contributed by atoms with Crippen molar-refractivity contribution >= 4 is 5.97 Å². The first-order valence-corrected chi connectivity index (χ1v) is 7.54. The molecule has 0 aliphatic carbocycles. The molecule has 0 aromatic heterocycles. The molecule has 0 aromatic rings. The van der Waals surface area contributed by atoms with Gasteiger partial charge in [-0.1, -0.05) is 58.1 Å². The molecule has 0 aliphatic rings. The van der Waals surface area contributed by atoms with E-state index < -0.39 is 0 Å². The molecule has 1 atom stereocenters. The van der Waals surface area contributed by atoms with Gasteiger partial charge in [0.15, 0.2) is 0 Å². The van der Waals surface area contributed by atoms with Crippen molar-refractivity contribution in [2.75, 3.05) is 6.61 Å². The van der Waals surface area contributed by atoms with E-state index in [2.05, 4.69) is 19.1 Å². The highest BCUT2D eigenvalue weighted by Gasteiger charge is 2.11. The molecule has 0 rings (SSSR count). The van der Waals surface area contributed by atoms with Crippen LogP contribution in [0.25, 0.3) is 0 Å². The highest BCUT2D eigenvalue weighted by atomic mass is 16.5. The zero-order valence-corrected chi connectivity index (χ0v) is 12.4. The smallest absolute Gasteiger partial charge is 0.308 e. The predicted octanol–water partition coefficient (Wildman–Crippen LogP) is 4.88. The van der Waals surface area contributed by atoms with Crippen LogP contribution < -0.4 is 0 Å². The van der Waals surface area contributed by atoms with Crippen molar-refractivity contribution in [3.05, 3.63) is 12.2 Å². The molecule has 0 N–H and O–H groups in total. The summed E-state index contributed by atoms with van der Waals surface area (Å²) in [6.45, 7) is 6.49. The van der Waals surface area contributed by atoms with Crippen LogP contribution in [0, 0.1) is 5.92 Å². The molecule has 0 amide bonds. The number of carbonyl (C=O) groups is 1. The molecule has 0 bridgehead atoms. The monoisotopic (exact) mass is 254 g/mol. The number of allylic oxidation sites excluding steroid dienone is 2. The lowest BCUT2D eigenvalue weighted by atomic mass is 10.1. The first kappa shape index (κ1) is 17.2. The van der Waals surface area contributed by atoms with Gasteiger partial charge in [0.1, 0.15) is 0 Å². The van der Waals surface area contributed by atoms with Gasteiger partial charge < -0.3 is 4.74 Å². The standard InChI is InChI=1S/C16H30O2/c1-4-6-7-8-9-10-11-12-13-14-15(3)16(17)18-5-2/h12-13,15H,4-11,14H2,1-3H3/b13-12+. The third kappa shape index (κ3) is 10.4. The number of esters is 1. The maximum Gasteiger partial charge on any atom is 0.308 e. The van der Waals surface area contributed by atoms with E-state index >= 15 is 0 Å². The molecule has 106 valence electrons. The van der Waals surface area contributed by atoms with Gasteiger partial charge in [0.25, 0.3) is 0 Å². The molecular weight excluding hydrogens is 224 g/mol. The Bertz CT molecular complexity index is 221. The topological polar surface area (TPSA) is 26.3 Å². The Morgan fingerprint density at radius 3 is 2.39 bits per heavy atom. The average molecular weight is 254 g/mol. The molecule has 0 fully saturated rings. The molecule has 0 saturated carbocycles. The second-order valence-electron chi connectivity index (χ2n) is 4.92. The molecule has 0 saturated heterocycles. The minimum atomic E-state index is -0.0817. The Labute approximate surface area is 113 Å². The Hall–Kier alpha value is -0.790. The average Bonchev–Trinajstić information content (AvgIpc) is 2.36. The highest BCUT2D eigenvalue weighted by Crippen LogP contribution is 2.09. The highest BCUT2D eigenvalue weighted by molar-refractivity contribution is 5.72. The Morgan fingerprint density at radius 2 is 1.72 bits per heavy atom. The Kier molecular flexibility index (Phi) is 12.1. The first-order valence-electron chi connectivity index (χ1n) is 7.54. The van der Waals surface area contributed by atoms with E-state index in [9.17, 15) is 4.79 Å². The summed E-state index contributed by atoms with van der Waals surface area (Å²) in [6.07, 6.45) is 14.3. The molecule has 18 heavy (non-hydrogen) atoms. The summed E-state index contributed by atoms with van der Waals surface area (Å²) in [6, 6.07) is 0. The van der Waals surface area contributed by atoms with E-state index in [-0.39, 0.29) is 11.9 Å². The van der Waals surface area contributed by atoms with Crippen LogP contribution in [0.3, 0.4) is 0 Å². The molecule has 0 radical (unpaired) electrons. The summed E-state index contributed by atoms with van der Waals surface area (Å²) in [5, 5.41) is 0. The zero-order chi connectivity index (χ0) is 13.6. The molecule has 0 heterocycles. The van der Waals surface area contributed by atoms with Gasteiger partial charge in [0.05, 0.1) is 12.5 Å². The second kappa shape index (κ2) is 12.7. The molecule has 1 unspecified atom stereocenters. The fourth-order valence-corrected chi connectivity index (χ4v) is 1.84. The molecule has 2 nitrogen and oxygen atoms in total. The number of rotatable bonds is 11. The first-order chi connectivity index (χ1) is 8.72. The van der Waals surface area contributed by atoms with Crippen LogP contribution in [0.2, 0.25) is 0 Å². The molecular formula is C16H30O2. The van der Waals surface area contributed by atoms with Crippen LogP contribution in [-0.4, -0.2) is 12.6 Å². The van der Waals surface area contributed by atoms with Crippen LogP contribution >= 0.6 is 0 Å². The van der Waals surface area contributed by atoms with E-state index in [0.29, 0.717) is 6.61 Å². The van der Waals surface area contributed by atoms with Gasteiger partial charge in [-0.15, -0.1) is 0 Å². The van der Waals surface area contributed by atoms with Gasteiger partial charge in [-0.3, -0.25) is 4.79 Å². The van der Waals surface area contributed by atoms with Crippen molar-refractivity contribution in [3.8, 4) is 0 Å². The quantitative estimate of drug-likeness (QED) is 0.298. The number of hydrogen-bond donors (Lipinski definition) is 0. The Morgan fingerprint density at radius 1 is 1.06 bits per heavy atom. The SMILES string of the molecule is CCCCCCCC/C=C/CC(C)C(=O)OCC. The number of hydrogen-bond acceptors (Lipinski definition) is 2. The van der Waals surface area contributed by atoms with E-state index in [1.165, 1.54) is 38.5 Å². The number of ether oxygens (including phenoxy) is 1. The Balaban J connectivity index is 3.39. The largest absolute Gasteiger partial charge is 0.466 e. The summed E-state index contributed by atoms with van der Waals surface area (Å²) in [5.41, 5.74) is 0. The lowest BCUT2D eigenvalue weighted by Gasteiger charge is -2.07. The van der Waals surface area contributed by atoms with E-state index in [1.807, 2.05) is 13.8 Å². The normalized spacial score (nSPS) is 12.8. The van der Waals surface area contributed by atoms with Gasteiger partial charge in [-0.05, 0) is 26.2 Å². The van der Waals surface area contributed by atoms with Crippen LogP contribution in [0.4, 0.5) is 0 Å². The maximum atomic E-state index is 11.4. The van der Waals surface area contributed by atoms with Crippen molar-refractivity contribution in [2.24, 2.45) is 5.92 Å². The summed E-state index contributed by atoms with van der Waals surface area (Å²) in [7, 11) is 0. The second-order valence-corrected chi connectivity index (χ2v) is 4.92. The number of carbonyl (C=O) groups excluding carboxylic acids is 1. The van der Waals surface area contributed by atoms with Gasteiger partial charge in [0, 0.05) is 0 Å². The van der Waals surface area contributed by atoms with E-state index in [4.69, 9.17) is 4.74 Å². The minimum absolute atomic E-state index is 0.00856. The fraction of sp³-hybridized carbons (Fsp3) is 0.812. The molecule has 0 aliphatic heterocycles. The molecule has 0 aromatic carbocycles. The lowest BCUT2D eigenvalue weighted by molar-refractivity contribution is -0.147. The van der Waals surface area contributed by atoms with Gasteiger partial charge in [-0.2, -0.15) is 0 Å². The maximum absolute atomic E-state index is 11.4. The summed E-state index contributed by atoms with van der Waals surface area (Å²) < 4.78 is 4.96. The van der Waals surface area contributed by atoms with Gasteiger partial charge in [0.2, 0.25) is 0 Å². The number of unbranched alkanes of at least 4 members (excludes halogenated alkanes) is 6. The molecule has 2 heteroatoms. The van der Waals surface area contributed by atoms with Crippen LogP contribution in [0.1, 0.15) is 72.1 Å². The fourth-order valence-electron chi connectivity index (χ4n) is 1.84. The van der Waals surface area contributed by atoms with Crippen molar-refractivity contribution < 1.29 is 9.53 Å². The molecule has 0 spiro atoms. The van der Waals surface area contributed by atoms with Crippen molar-refractivity contribution in [1.29, 1.82) is 0 Å². The predicted molar refractivity (Wildman–Crippen MR) is 77.5 cm³/mol. The third-order valence-electron chi connectivity index (χ3n) is 3.07. The van der Waals surface area contributed by atoms with Crippen molar-refractivity contribution in [1.82, 2.24) is 0 Å². The third-order valence-corrected chi connectivity index (χ3v) is 3.07. The van der Waals surface area contributed by atoms with Crippen LogP contribution in [0.15, 0.2) is 12.2 Å². The van der Waals surface area contributed by atoms with Gasteiger partial charge >= 0.3 is 5.97 Å². The van der Waals surface area contributed by atoms with Gasteiger partial charge in [-0.25, -0.2) is 0 Å². The van der Waals surface area contributed by atoms with Crippen molar-refractivity contribution in [2.45, 2.75) is 72.1 Å². The van der Waals surface area contributed by atoms with Crippen molar-refractivity contribution in [3.63, 3.8) is 0 Å². The summed E-state index contributed by atoms with van der Waals surface area (Å²) in [4.78, 5) is 11.4.